The molecule has 280 valence electrons. The van der Waals surface area contributed by atoms with Crippen molar-refractivity contribution >= 4 is 39.5 Å². The van der Waals surface area contributed by atoms with Crippen LogP contribution in [0, 0.1) is 13.8 Å². The molecule has 11 heteroatoms. The zero-order chi connectivity index (χ0) is 37.4. The Kier molecular flexibility index (Phi) is 27.3. The number of Topliss-reactive ketones (excluding diaryl/α,β-unsaturated/α-hetero) is 2. The van der Waals surface area contributed by atoms with E-state index in [9.17, 15) is 9.59 Å². The van der Waals surface area contributed by atoms with Gasteiger partial charge in [-0.3, -0.25) is 19.4 Å². The molecule has 7 aromatic rings. The summed E-state index contributed by atoms with van der Waals surface area (Å²) in [5.74, 6) is 0.264. The third kappa shape index (κ3) is 19.0. The predicted molar refractivity (Wildman–Crippen MR) is 212 cm³/mol. The summed E-state index contributed by atoms with van der Waals surface area (Å²) in [7, 11) is 0. The Hall–Kier alpha value is -4.55. The minimum Gasteiger partial charge on any atom is -1.00 e. The van der Waals surface area contributed by atoms with Crippen LogP contribution in [0.2, 0.25) is 0 Å². The monoisotopic (exact) mass is 875 g/mol. The summed E-state index contributed by atoms with van der Waals surface area (Å²) in [5.41, 5.74) is 7.45. The van der Waals surface area contributed by atoms with Crippen LogP contribution in [0.5, 0.6) is 0 Å². The van der Waals surface area contributed by atoms with Crippen molar-refractivity contribution in [1.29, 1.82) is 0 Å². The summed E-state index contributed by atoms with van der Waals surface area (Å²) < 4.78 is 4.09. The Labute approximate surface area is 365 Å². The smallest absolute Gasteiger partial charge is 1.00 e. The molecule has 0 N–H and O–H groups in total. The van der Waals surface area contributed by atoms with Crippen molar-refractivity contribution in [2.75, 3.05) is 5.33 Å². The molecule has 0 fully saturated rings. The Morgan fingerprint density at radius 3 is 1.75 bits per heavy atom. The molecule has 0 spiro atoms. The predicted octanol–water partition coefficient (Wildman–Crippen LogP) is 2.50. The van der Waals surface area contributed by atoms with Gasteiger partial charge in [-0.25, -0.2) is 0 Å². The number of fused-ring (bicyclic) bond motifs is 1. The fourth-order valence-corrected chi connectivity index (χ4v) is 4.93. The van der Waals surface area contributed by atoms with Crippen molar-refractivity contribution in [3.63, 3.8) is 0 Å². The van der Waals surface area contributed by atoms with Crippen molar-refractivity contribution in [2.24, 2.45) is 0 Å². The first kappa shape index (κ1) is 50.5. The molecule has 0 saturated heterocycles. The van der Waals surface area contributed by atoms with E-state index >= 15 is 0 Å². The van der Waals surface area contributed by atoms with E-state index in [0.717, 1.165) is 22.5 Å². The molecule has 0 aliphatic carbocycles. The van der Waals surface area contributed by atoms with E-state index in [0.29, 0.717) is 11.9 Å². The van der Waals surface area contributed by atoms with E-state index < -0.39 is 0 Å². The van der Waals surface area contributed by atoms with Crippen LogP contribution in [0.4, 0.5) is 0 Å². The molecule has 0 aliphatic rings. The topological polar surface area (TPSA) is 105 Å². The van der Waals surface area contributed by atoms with Crippen molar-refractivity contribution in [1.82, 2.24) is 9.38 Å². The number of aryl methyl sites for hydroxylation is 2. The number of halogens is 2. The fraction of sp³-hybridized carbons (Fsp3) is 0.114. The Morgan fingerprint density at radius 1 is 0.745 bits per heavy atom. The summed E-state index contributed by atoms with van der Waals surface area (Å²) >= 11 is 3.10. The van der Waals surface area contributed by atoms with Gasteiger partial charge in [-0.1, -0.05) is 133 Å². The van der Waals surface area contributed by atoms with Crippen LogP contribution in [0.1, 0.15) is 39.5 Å². The van der Waals surface area contributed by atoms with E-state index in [2.05, 4.69) is 85.1 Å². The van der Waals surface area contributed by atoms with Gasteiger partial charge in [-0.15, -0.1) is 0 Å². The average molecular weight is 878 g/mol. The first-order valence-corrected chi connectivity index (χ1v) is 17.4. The molecule has 0 saturated carbocycles. The molecule has 3 aromatic carbocycles. The maximum atomic E-state index is 11.9. The second kappa shape index (κ2) is 29.8. The number of benzene rings is 3. The molecule has 0 amide bonds. The summed E-state index contributed by atoms with van der Waals surface area (Å²) in [4.78, 5) is 38.1. The second-order valence-corrected chi connectivity index (χ2v) is 11.5. The van der Waals surface area contributed by atoms with Crippen molar-refractivity contribution in [3.05, 3.63) is 199 Å². The van der Waals surface area contributed by atoms with Gasteiger partial charge >= 0.3 is 29.6 Å². The van der Waals surface area contributed by atoms with Crippen LogP contribution in [-0.2, 0) is 16.2 Å². The Bertz CT molecular complexity index is 2040. The fourth-order valence-electron chi connectivity index (χ4n) is 4.60. The van der Waals surface area contributed by atoms with Gasteiger partial charge in [0.05, 0.1) is 5.33 Å². The average Bonchev–Trinajstić information content (AvgIpc) is 3.65. The molecule has 4 aromatic heterocycles. The van der Waals surface area contributed by atoms with Gasteiger partial charge in [0.1, 0.15) is 0 Å². The molecule has 4 heterocycles. The number of carbonyl (C=O) groups is 3. The number of ketones is 2. The SMILES string of the molecule is C.Cc1cccc[n+]1CC(=O)c1ccccc1.Cc1ccccn1.O=C(CBr)c1ccccc1.O=CO[O-].[Br-].[Na+].c1ccc(-c2cc3ccccn3c2)cc1. The molecular weight excluding hydrogens is 833 g/mol. The standard InChI is InChI=1S/C14H14NO.C14H11N.C8H7BrO.C6H7N.CH2O3.CH4.BrH.Na/c1-12-7-5-6-10-15(12)11-14(16)13-8-3-2-4-9-13;1-2-6-12(7-3-1)13-10-14-8-4-5-9-15(14)11-13;9-6-8(10)7-4-2-1-3-5-7;1-6-4-2-3-5-7-6;2-1-4-3;;;/h2-10H,11H2,1H3;1-11H;1-5H,6H2;2-5H,1H3;1,3H;1H4;1H;/q+1;;;;;;;+1/p-2. The molecule has 55 heavy (non-hydrogen) atoms. The number of rotatable bonds is 7. The zero-order valence-corrected chi connectivity index (χ0v) is 35.5. The normalized spacial score (nSPS) is 9.02. The number of pyridine rings is 3. The van der Waals surface area contributed by atoms with Crippen LogP contribution < -0.4 is 56.4 Å². The zero-order valence-electron chi connectivity index (χ0n) is 30.4. The molecular formula is C44H44Br2N3NaO5. The summed E-state index contributed by atoms with van der Waals surface area (Å²) in [6.45, 7) is 4.19. The van der Waals surface area contributed by atoms with Crippen LogP contribution >= 0.6 is 15.9 Å². The number of aromatic nitrogens is 3. The van der Waals surface area contributed by atoms with Crippen molar-refractivity contribution < 1.29 is 75.6 Å². The minimum atomic E-state index is -0.181. The van der Waals surface area contributed by atoms with Gasteiger partial charge in [0.25, 0.3) is 6.47 Å². The molecule has 0 bridgehead atoms. The van der Waals surface area contributed by atoms with Crippen LogP contribution in [0.15, 0.2) is 176 Å². The number of hydrogen-bond donors (Lipinski definition) is 0. The van der Waals surface area contributed by atoms with E-state index in [1.165, 1.54) is 16.6 Å². The van der Waals surface area contributed by atoms with Gasteiger partial charge in [-0.2, -0.15) is 4.57 Å². The number of carbonyl (C=O) groups excluding carboxylic acids is 3. The number of nitrogens with zero attached hydrogens (tertiary/aromatic N) is 3. The first-order valence-electron chi connectivity index (χ1n) is 16.3. The molecule has 0 atom stereocenters. The number of hydrogen-bond acceptors (Lipinski definition) is 6. The van der Waals surface area contributed by atoms with E-state index in [4.69, 9.17) is 10.1 Å². The summed E-state index contributed by atoms with van der Waals surface area (Å²) in [6, 6.07) is 49.2. The van der Waals surface area contributed by atoms with Crippen molar-refractivity contribution in [3.8, 4) is 11.1 Å². The van der Waals surface area contributed by atoms with Gasteiger partial charge in [-0.05, 0) is 42.8 Å². The number of alkyl halides is 1. The minimum absolute atomic E-state index is 0. The van der Waals surface area contributed by atoms with Gasteiger partial charge in [0.15, 0.2) is 17.7 Å². The molecule has 7 rings (SSSR count). The van der Waals surface area contributed by atoms with Gasteiger partial charge in [0, 0.05) is 65.5 Å². The largest absolute Gasteiger partial charge is 1.00 e. The maximum absolute atomic E-state index is 11.9. The van der Waals surface area contributed by atoms with Crippen LogP contribution in [0.3, 0.4) is 0 Å². The van der Waals surface area contributed by atoms with Crippen LogP contribution in [0.25, 0.3) is 16.6 Å². The summed E-state index contributed by atoms with van der Waals surface area (Å²) in [5, 5.41) is 8.83. The Balaban J connectivity index is 0.000000695. The third-order valence-corrected chi connectivity index (χ3v) is 7.77. The molecule has 0 unspecified atom stereocenters. The van der Waals surface area contributed by atoms with E-state index in [-0.39, 0.29) is 72.0 Å². The Morgan fingerprint density at radius 2 is 1.27 bits per heavy atom. The van der Waals surface area contributed by atoms with E-state index in [1.54, 1.807) is 6.20 Å². The molecule has 8 nitrogen and oxygen atoms in total. The molecule has 0 radical (unpaired) electrons. The maximum Gasteiger partial charge on any atom is 1.00 e. The molecule has 0 aliphatic heterocycles. The van der Waals surface area contributed by atoms with E-state index in [1.807, 2.05) is 134 Å². The second-order valence-electron chi connectivity index (χ2n) is 11.0. The van der Waals surface area contributed by atoms with Gasteiger partial charge < -0.3 is 31.5 Å². The van der Waals surface area contributed by atoms with Crippen LogP contribution in [-0.4, -0.2) is 32.8 Å². The summed E-state index contributed by atoms with van der Waals surface area (Å²) in [6.07, 6.45) is 7.94. The first-order chi connectivity index (χ1) is 25.4. The quantitative estimate of drug-likeness (QED) is 0.0465. The third-order valence-electron chi connectivity index (χ3n) is 7.26. The van der Waals surface area contributed by atoms with Crippen molar-refractivity contribution in [2.45, 2.75) is 27.8 Å². The van der Waals surface area contributed by atoms with Gasteiger partial charge in [0.2, 0.25) is 12.3 Å².